The van der Waals surface area contributed by atoms with E-state index in [9.17, 15) is 4.79 Å². The number of amides is 1. The van der Waals surface area contributed by atoms with Crippen molar-refractivity contribution in [1.82, 2.24) is 0 Å². The molecule has 0 saturated carbocycles. The average Bonchev–Trinajstić information content (AvgIpc) is 1.73. The van der Waals surface area contributed by atoms with Gasteiger partial charge in [0, 0.05) is 0 Å². The Morgan fingerprint density at radius 2 is 1.86 bits per heavy atom. The van der Waals surface area contributed by atoms with E-state index in [1.807, 2.05) is 6.79 Å². The van der Waals surface area contributed by atoms with Gasteiger partial charge in [0.1, 0.15) is 6.79 Å². The summed E-state index contributed by atoms with van der Waals surface area (Å²) < 4.78 is 0. The number of carbonyl (C=O) groups is 2. The van der Waals surface area contributed by atoms with Gasteiger partial charge in [-0.1, -0.05) is 0 Å². The standard InChI is InChI=1S/C3H3NO.CH2O/c1-2-3(4)5;1-2/h1H,(H2,4,5);1H2. The van der Waals surface area contributed by atoms with Crippen LogP contribution in [-0.4, -0.2) is 12.7 Å². The Hall–Kier alpha value is -1.30. The highest BCUT2D eigenvalue weighted by Gasteiger charge is 1.70. The molecule has 1 amide bonds. The van der Waals surface area contributed by atoms with Crippen molar-refractivity contribution in [2.45, 2.75) is 0 Å². The molecule has 0 heterocycles. The van der Waals surface area contributed by atoms with Crippen LogP contribution in [0.5, 0.6) is 0 Å². The van der Waals surface area contributed by atoms with Crippen molar-refractivity contribution in [3.05, 3.63) is 0 Å². The van der Waals surface area contributed by atoms with Gasteiger partial charge in [0.25, 0.3) is 5.91 Å². The van der Waals surface area contributed by atoms with Crippen LogP contribution in [0.4, 0.5) is 0 Å². The molecule has 38 valence electrons. The highest BCUT2D eigenvalue weighted by molar-refractivity contribution is 5.91. The van der Waals surface area contributed by atoms with Crippen LogP contribution in [0.2, 0.25) is 0 Å². The van der Waals surface area contributed by atoms with E-state index in [1.54, 1.807) is 5.92 Å². The molecule has 0 aliphatic heterocycles. The summed E-state index contributed by atoms with van der Waals surface area (Å²) in [6.45, 7) is 2.00. The second-order valence-electron chi connectivity index (χ2n) is 0.509. The van der Waals surface area contributed by atoms with Crippen LogP contribution < -0.4 is 5.73 Å². The first-order valence-electron chi connectivity index (χ1n) is 1.32. The zero-order valence-electron chi connectivity index (χ0n) is 3.68. The predicted molar refractivity (Wildman–Crippen MR) is 25.1 cm³/mol. The van der Waals surface area contributed by atoms with Crippen molar-refractivity contribution in [1.29, 1.82) is 0 Å². The molecule has 0 unspecified atom stereocenters. The van der Waals surface area contributed by atoms with E-state index in [-0.39, 0.29) is 0 Å². The Kier molecular flexibility index (Phi) is 11.6. The third kappa shape index (κ3) is 69.9. The van der Waals surface area contributed by atoms with Gasteiger partial charge in [0.2, 0.25) is 0 Å². The zero-order valence-corrected chi connectivity index (χ0v) is 3.68. The van der Waals surface area contributed by atoms with Crippen LogP contribution in [-0.2, 0) is 9.59 Å². The van der Waals surface area contributed by atoms with Gasteiger partial charge in [-0.2, -0.15) is 0 Å². The maximum absolute atomic E-state index is 9.35. The molecular weight excluding hydrogens is 94.0 g/mol. The van der Waals surface area contributed by atoms with E-state index in [4.69, 9.17) is 4.79 Å². The van der Waals surface area contributed by atoms with E-state index in [1.165, 1.54) is 0 Å². The minimum Gasteiger partial charge on any atom is -0.359 e. The largest absolute Gasteiger partial charge is 0.359 e. The molecule has 0 bridgehead atoms. The van der Waals surface area contributed by atoms with Gasteiger partial charge < -0.3 is 10.5 Å². The quantitative estimate of drug-likeness (QED) is 0.393. The Balaban J connectivity index is 0. The maximum atomic E-state index is 9.35. The van der Waals surface area contributed by atoms with Crippen molar-refractivity contribution in [3.8, 4) is 12.3 Å². The summed E-state index contributed by atoms with van der Waals surface area (Å²) in [6, 6.07) is 0. The van der Waals surface area contributed by atoms with Gasteiger partial charge in [-0.25, -0.2) is 0 Å². The highest BCUT2D eigenvalue weighted by Crippen LogP contribution is 1.37. The summed E-state index contributed by atoms with van der Waals surface area (Å²) in [6.07, 6.45) is 4.45. The van der Waals surface area contributed by atoms with Crippen LogP contribution in [0.15, 0.2) is 0 Å². The first-order valence-corrected chi connectivity index (χ1v) is 1.32. The van der Waals surface area contributed by atoms with Crippen LogP contribution >= 0.6 is 0 Å². The van der Waals surface area contributed by atoms with Gasteiger partial charge in [0.05, 0.1) is 0 Å². The first-order chi connectivity index (χ1) is 3.27. The first kappa shape index (κ1) is 9.20. The fourth-order valence-electron chi connectivity index (χ4n) is 0. The number of hydrogen-bond acceptors (Lipinski definition) is 2. The van der Waals surface area contributed by atoms with E-state index < -0.39 is 5.91 Å². The van der Waals surface area contributed by atoms with Crippen LogP contribution in [0, 0.1) is 12.3 Å². The van der Waals surface area contributed by atoms with Gasteiger partial charge in [-0.15, -0.1) is 6.42 Å². The van der Waals surface area contributed by atoms with Gasteiger partial charge in [0.15, 0.2) is 0 Å². The Bertz CT molecular complexity index is 92.4. The molecule has 2 N–H and O–H groups in total. The Labute approximate surface area is 41.5 Å². The molecule has 0 radical (unpaired) electrons. The summed E-state index contributed by atoms with van der Waals surface area (Å²) in [5.41, 5.74) is 4.42. The second kappa shape index (κ2) is 8.83. The van der Waals surface area contributed by atoms with E-state index in [0.29, 0.717) is 0 Å². The lowest BCUT2D eigenvalue weighted by Gasteiger charge is -1.61. The summed E-state index contributed by atoms with van der Waals surface area (Å²) >= 11 is 0. The normalized spacial score (nSPS) is 4.43. The molecule has 3 heteroatoms. The van der Waals surface area contributed by atoms with Crippen molar-refractivity contribution in [2.75, 3.05) is 0 Å². The van der Waals surface area contributed by atoms with Crippen LogP contribution in [0.1, 0.15) is 0 Å². The fraction of sp³-hybridized carbons (Fsp3) is 0. The molecule has 0 fully saturated rings. The predicted octanol–water partition coefficient (Wildman–Crippen LogP) is -1.08. The fourth-order valence-corrected chi connectivity index (χ4v) is 0. The number of nitrogens with two attached hydrogens (primary N) is 1. The molecule has 7 heavy (non-hydrogen) atoms. The molecule has 0 aromatic rings. The van der Waals surface area contributed by atoms with E-state index in [0.717, 1.165) is 0 Å². The van der Waals surface area contributed by atoms with Gasteiger partial charge in [-0.3, -0.25) is 4.79 Å². The molecule has 0 spiro atoms. The molecule has 0 aliphatic rings. The number of rotatable bonds is 0. The second-order valence-corrected chi connectivity index (χ2v) is 0.509. The molecule has 0 aromatic carbocycles. The topological polar surface area (TPSA) is 60.2 Å². The molecule has 0 rings (SSSR count). The summed E-state index contributed by atoms with van der Waals surface area (Å²) in [7, 11) is 0. The van der Waals surface area contributed by atoms with Gasteiger partial charge >= 0.3 is 0 Å². The third-order valence-corrected chi connectivity index (χ3v) is 0.142. The Morgan fingerprint density at radius 3 is 1.86 bits per heavy atom. The smallest absolute Gasteiger partial charge is 0.293 e. The monoisotopic (exact) mass is 99.0 g/mol. The molecule has 0 aliphatic carbocycles. The summed E-state index contributed by atoms with van der Waals surface area (Å²) in [5.74, 6) is 0.949. The van der Waals surface area contributed by atoms with Crippen LogP contribution in [0.25, 0.3) is 0 Å². The molecule has 0 saturated heterocycles. The lowest BCUT2D eigenvalue weighted by atomic mass is 10.7. The molecule has 0 aromatic heterocycles. The Morgan fingerprint density at radius 1 is 1.71 bits per heavy atom. The zero-order chi connectivity index (χ0) is 6.28. The third-order valence-electron chi connectivity index (χ3n) is 0.142. The van der Waals surface area contributed by atoms with Crippen molar-refractivity contribution in [2.24, 2.45) is 5.73 Å². The van der Waals surface area contributed by atoms with Crippen molar-refractivity contribution in [3.63, 3.8) is 0 Å². The number of terminal acetylenes is 1. The van der Waals surface area contributed by atoms with E-state index >= 15 is 0 Å². The molecule has 0 atom stereocenters. The summed E-state index contributed by atoms with van der Waals surface area (Å²) in [5, 5.41) is 0. The lowest BCUT2D eigenvalue weighted by molar-refractivity contribution is -0.112. The minimum absolute atomic E-state index is 0.718. The lowest BCUT2D eigenvalue weighted by Crippen LogP contribution is -2.05. The average molecular weight is 99.1 g/mol. The van der Waals surface area contributed by atoms with Crippen molar-refractivity contribution >= 4 is 12.7 Å². The van der Waals surface area contributed by atoms with Crippen molar-refractivity contribution < 1.29 is 9.59 Å². The molecular formula is C4H5NO2. The number of primary amides is 1. The minimum atomic E-state index is -0.718. The number of hydrogen-bond donors (Lipinski definition) is 1. The summed E-state index contributed by atoms with van der Waals surface area (Å²) in [4.78, 5) is 17.4. The maximum Gasteiger partial charge on any atom is 0.293 e. The highest BCUT2D eigenvalue weighted by atomic mass is 16.1. The van der Waals surface area contributed by atoms with E-state index in [2.05, 4.69) is 12.2 Å². The number of carbonyl (C=O) groups excluding carboxylic acids is 2. The SMILES string of the molecule is C#CC(N)=O.C=O. The van der Waals surface area contributed by atoms with Gasteiger partial charge in [-0.05, 0) is 5.92 Å². The molecule has 3 nitrogen and oxygen atoms in total. The van der Waals surface area contributed by atoms with Crippen LogP contribution in [0.3, 0.4) is 0 Å².